The number of methoxy groups -OCH3 is 3. The van der Waals surface area contributed by atoms with Gasteiger partial charge in [0.15, 0.2) is 11.5 Å². The predicted octanol–water partition coefficient (Wildman–Crippen LogP) is 1.91. The van der Waals surface area contributed by atoms with Gasteiger partial charge >= 0.3 is 0 Å². The summed E-state index contributed by atoms with van der Waals surface area (Å²) in [6, 6.07) is 8.69. The number of benzene rings is 2. The average Bonchev–Trinajstić information content (AvgIpc) is 3.32. The number of hydrogen-bond acceptors (Lipinski definition) is 9. The van der Waals surface area contributed by atoms with E-state index in [0.717, 1.165) is 11.0 Å². The fraction of sp³-hybridized carbons (Fsp3) is 0.250. The number of para-hydroxylation sites is 1. The standard InChI is InChI=1S/C20H17N3O8/c1-28-13-8-7-10(23(26)27)9-12(13)22-19(24)15-16(21-31-18(15)20(22)25)11-5-4-6-14(29-2)17(11)30-3/h4-9,15,18H,1-3H3/t15-,18+/m0/s1. The SMILES string of the molecule is COc1ccc([N+](=O)[O-])cc1N1C(=O)[C@H]2C(c3cccc(OC)c3OC)=NO[C@H]2C1=O. The van der Waals surface area contributed by atoms with Crippen molar-refractivity contribution < 1.29 is 33.6 Å². The number of nitrogens with zero attached hydrogens (tertiary/aromatic N) is 3. The molecule has 4 rings (SSSR count). The summed E-state index contributed by atoms with van der Waals surface area (Å²) < 4.78 is 15.9. The summed E-state index contributed by atoms with van der Waals surface area (Å²) in [5.41, 5.74) is 0.300. The average molecular weight is 427 g/mol. The highest BCUT2D eigenvalue weighted by molar-refractivity contribution is 6.33. The Morgan fingerprint density at radius 1 is 1.03 bits per heavy atom. The molecule has 31 heavy (non-hydrogen) atoms. The van der Waals surface area contributed by atoms with Crippen LogP contribution in [0.1, 0.15) is 5.56 Å². The number of carbonyl (C=O) groups excluding carboxylic acids is 2. The van der Waals surface area contributed by atoms with E-state index in [1.807, 2.05) is 0 Å². The number of oxime groups is 1. The second-order valence-corrected chi connectivity index (χ2v) is 6.65. The second-order valence-electron chi connectivity index (χ2n) is 6.65. The van der Waals surface area contributed by atoms with Crippen LogP contribution < -0.4 is 19.1 Å². The quantitative estimate of drug-likeness (QED) is 0.388. The summed E-state index contributed by atoms with van der Waals surface area (Å²) in [6.45, 7) is 0. The van der Waals surface area contributed by atoms with Crippen LogP contribution in [0.2, 0.25) is 0 Å². The molecule has 160 valence electrons. The van der Waals surface area contributed by atoms with Crippen LogP contribution in [0.15, 0.2) is 41.6 Å². The molecule has 2 aromatic rings. The minimum Gasteiger partial charge on any atom is -0.495 e. The third-order valence-corrected chi connectivity index (χ3v) is 5.11. The molecule has 0 radical (unpaired) electrons. The van der Waals surface area contributed by atoms with Gasteiger partial charge in [-0.3, -0.25) is 19.7 Å². The lowest BCUT2D eigenvalue weighted by Crippen LogP contribution is -2.33. The summed E-state index contributed by atoms with van der Waals surface area (Å²) in [6.07, 6.45) is -1.21. The topological polar surface area (TPSA) is 130 Å². The van der Waals surface area contributed by atoms with Gasteiger partial charge in [0.1, 0.15) is 23.1 Å². The maximum absolute atomic E-state index is 13.3. The first kappa shape index (κ1) is 20.1. The first-order chi connectivity index (χ1) is 14.9. The minimum atomic E-state index is -1.21. The van der Waals surface area contributed by atoms with E-state index in [2.05, 4.69) is 5.16 Å². The van der Waals surface area contributed by atoms with Crippen LogP contribution in [-0.4, -0.2) is 49.9 Å². The van der Waals surface area contributed by atoms with Crippen molar-refractivity contribution in [3.63, 3.8) is 0 Å². The Labute approximate surface area is 175 Å². The molecule has 0 unspecified atom stereocenters. The highest BCUT2D eigenvalue weighted by Gasteiger charge is 2.57. The van der Waals surface area contributed by atoms with Crippen molar-refractivity contribution in [2.45, 2.75) is 6.10 Å². The lowest BCUT2D eigenvalue weighted by atomic mass is 9.93. The van der Waals surface area contributed by atoms with Gasteiger partial charge < -0.3 is 19.0 Å². The largest absolute Gasteiger partial charge is 0.495 e. The lowest BCUT2D eigenvalue weighted by molar-refractivity contribution is -0.384. The van der Waals surface area contributed by atoms with Crippen molar-refractivity contribution in [3.8, 4) is 17.2 Å². The van der Waals surface area contributed by atoms with Crippen LogP contribution in [0.3, 0.4) is 0 Å². The molecule has 0 N–H and O–H groups in total. The molecule has 2 aliphatic rings. The number of amides is 2. The Morgan fingerprint density at radius 2 is 1.77 bits per heavy atom. The van der Waals surface area contributed by atoms with Crippen molar-refractivity contribution in [1.82, 2.24) is 0 Å². The van der Waals surface area contributed by atoms with Crippen LogP contribution in [-0.2, 0) is 14.4 Å². The first-order valence-electron chi connectivity index (χ1n) is 9.08. The highest BCUT2D eigenvalue weighted by Crippen LogP contribution is 2.42. The normalized spacial score (nSPS) is 19.6. The molecular weight excluding hydrogens is 410 g/mol. The molecule has 0 spiro atoms. The molecule has 2 aromatic carbocycles. The summed E-state index contributed by atoms with van der Waals surface area (Å²) in [4.78, 5) is 43.1. The Kier molecular flexibility index (Phi) is 4.93. The van der Waals surface area contributed by atoms with Crippen LogP contribution in [0, 0.1) is 16.0 Å². The van der Waals surface area contributed by atoms with E-state index in [0.29, 0.717) is 17.1 Å². The molecule has 1 saturated heterocycles. The molecule has 11 heteroatoms. The van der Waals surface area contributed by atoms with Crippen molar-refractivity contribution in [2.75, 3.05) is 26.2 Å². The molecule has 0 saturated carbocycles. The predicted molar refractivity (Wildman–Crippen MR) is 107 cm³/mol. The number of rotatable bonds is 6. The fourth-order valence-electron chi connectivity index (χ4n) is 3.69. The number of imide groups is 1. The molecule has 2 aliphatic heterocycles. The van der Waals surface area contributed by atoms with Gasteiger partial charge in [0.25, 0.3) is 11.6 Å². The van der Waals surface area contributed by atoms with E-state index in [9.17, 15) is 19.7 Å². The highest BCUT2D eigenvalue weighted by atomic mass is 16.7. The van der Waals surface area contributed by atoms with E-state index in [1.54, 1.807) is 18.2 Å². The third-order valence-electron chi connectivity index (χ3n) is 5.11. The monoisotopic (exact) mass is 427 g/mol. The Hall–Kier alpha value is -4.15. The number of carbonyl (C=O) groups is 2. The number of nitro benzene ring substituents is 1. The van der Waals surface area contributed by atoms with Crippen LogP contribution in [0.5, 0.6) is 17.2 Å². The van der Waals surface area contributed by atoms with Gasteiger partial charge in [-0.15, -0.1) is 0 Å². The summed E-state index contributed by atoms with van der Waals surface area (Å²) in [7, 11) is 4.25. The maximum Gasteiger partial charge on any atom is 0.279 e. The molecule has 0 bridgehead atoms. The zero-order valence-electron chi connectivity index (χ0n) is 16.7. The molecule has 11 nitrogen and oxygen atoms in total. The summed E-state index contributed by atoms with van der Waals surface area (Å²) >= 11 is 0. The smallest absolute Gasteiger partial charge is 0.279 e. The number of hydrogen-bond donors (Lipinski definition) is 0. The fourth-order valence-corrected chi connectivity index (χ4v) is 3.69. The van der Waals surface area contributed by atoms with Crippen molar-refractivity contribution in [2.24, 2.45) is 11.1 Å². The molecule has 1 fully saturated rings. The second kappa shape index (κ2) is 7.59. The molecule has 2 heterocycles. The van der Waals surface area contributed by atoms with Crippen molar-refractivity contribution in [3.05, 3.63) is 52.1 Å². The van der Waals surface area contributed by atoms with Gasteiger partial charge in [-0.05, 0) is 18.2 Å². The van der Waals surface area contributed by atoms with Crippen LogP contribution >= 0.6 is 0 Å². The van der Waals surface area contributed by atoms with E-state index in [1.165, 1.54) is 33.5 Å². The summed E-state index contributed by atoms with van der Waals surface area (Å²) in [5, 5.41) is 15.2. The maximum atomic E-state index is 13.3. The number of non-ortho nitro benzene ring substituents is 1. The third kappa shape index (κ3) is 3.01. The van der Waals surface area contributed by atoms with Crippen molar-refractivity contribution >= 4 is 28.9 Å². The number of nitro groups is 1. The molecule has 0 aliphatic carbocycles. The number of fused-ring (bicyclic) bond motifs is 1. The Morgan fingerprint density at radius 3 is 2.42 bits per heavy atom. The molecule has 2 atom stereocenters. The van der Waals surface area contributed by atoms with Gasteiger partial charge in [0.05, 0.1) is 26.3 Å². The zero-order valence-corrected chi connectivity index (χ0v) is 16.7. The van der Waals surface area contributed by atoms with Gasteiger partial charge in [0, 0.05) is 17.7 Å². The van der Waals surface area contributed by atoms with Gasteiger partial charge in [-0.25, -0.2) is 4.90 Å². The lowest BCUT2D eigenvalue weighted by Gasteiger charge is -2.18. The minimum absolute atomic E-state index is 0.0401. The van der Waals surface area contributed by atoms with Crippen molar-refractivity contribution in [1.29, 1.82) is 0 Å². The van der Waals surface area contributed by atoms with E-state index < -0.39 is 28.8 Å². The first-order valence-corrected chi connectivity index (χ1v) is 9.08. The van der Waals surface area contributed by atoms with E-state index in [-0.39, 0.29) is 22.8 Å². The van der Waals surface area contributed by atoms with E-state index >= 15 is 0 Å². The molecule has 0 aromatic heterocycles. The number of ether oxygens (including phenoxy) is 3. The van der Waals surface area contributed by atoms with Gasteiger partial charge in [0.2, 0.25) is 12.0 Å². The van der Waals surface area contributed by atoms with Gasteiger partial charge in [-0.2, -0.15) is 0 Å². The molecular formula is C20H17N3O8. The number of anilines is 1. The van der Waals surface area contributed by atoms with Crippen LogP contribution in [0.4, 0.5) is 11.4 Å². The van der Waals surface area contributed by atoms with Gasteiger partial charge in [-0.1, -0.05) is 11.2 Å². The zero-order chi connectivity index (χ0) is 22.3. The van der Waals surface area contributed by atoms with Crippen LogP contribution in [0.25, 0.3) is 0 Å². The Bertz CT molecular complexity index is 1130. The van der Waals surface area contributed by atoms with E-state index in [4.69, 9.17) is 19.0 Å². The Balaban J connectivity index is 1.78. The molecule has 2 amide bonds. The summed E-state index contributed by atoms with van der Waals surface area (Å²) in [5.74, 6) is -1.52.